The molecule has 2 rings (SSSR count). The number of nitrogens with one attached hydrogen (secondary N) is 1. The minimum Gasteiger partial charge on any atom is -0.497 e. The van der Waals surface area contributed by atoms with Gasteiger partial charge in [0.2, 0.25) is 0 Å². The van der Waals surface area contributed by atoms with E-state index in [0.717, 1.165) is 40.6 Å². The number of ether oxygens (including phenoxy) is 1. The molecule has 0 aliphatic rings. The normalized spacial score (nSPS) is 10.7. The van der Waals surface area contributed by atoms with Gasteiger partial charge in [0, 0.05) is 12.6 Å². The van der Waals surface area contributed by atoms with E-state index in [2.05, 4.69) is 22.2 Å². The maximum atomic E-state index is 5.22. The summed E-state index contributed by atoms with van der Waals surface area (Å²) in [6.07, 6.45) is 4.32. The maximum absolute atomic E-state index is 5.22. The fourth-order valence-corrected chi connectivity index (χ4v) is 2.29. The van der Waals surface area contributed by atoms with Crippen molar-refractivity contribution in [3.05, 3.63) is 18.2 Å². The van der Waals surface area contributed by atoms with Crippen molar-refractivity contribution >= 4 is 28.6 Å². The van der Waals surface area contributed by atoms with E-state index in [1.807, 2.05) is 24.5 Å². The van der Waals surface area contributed by atoms with Crippen molar-refractivity contribution in [2.45, 2.75) is 24.8 Å². The molecule has 0 aliphatic carbocycles. The number of thioether (sulfide) groups is 1. The molecule has 0 atom stereocenters. The second-order valence-electron chi connectivity index (χ2n) is 4.22. The first-order valence-electron chi connectivity index (χ1n) is 6.42. The molecular formula is C14H19N3OS. The molecule has 0 bridgehead atoms. The van der Waals surface area contributed by atoms with Crippen molar-refractivity contribution in [3.63, 3.8) is 0 Å². The zero-order valence-electron chi connectivity index (χ0n) is 11.6. The highest BCUT2D eigenvalue weighted by Crippen LogP contribution is 2.26. The van der Waals surface area contributed by atoms with Gasteiger partial charge in [-0.15, -0.1) is 11.8 Å². The SMILES string of the molecule is CCCCNc1nc2ccc(OC)cc2nc1SC. The summed E-state index contributed by atoms with van der Waals surface area (Å²) in [4.78, 5) is 9.28. The molecule has 0 unspecified atom stereocenters. The molecule has 1 N–H and O–H groups in total. The Morgan fingerprint density at radius 2 is 2.11 bits per heavy atom. The minimum atomic E-state index is 0.806. The van der Waals surface area contributed by atoms with Gasteiger partial charge in [-0.1, -0.05) is 13.3 Å². The number of rotatable bonds is 6. The Morgan fingerprint density at radius 3 is 2.79 bits per heavy atom. The molecule has 19 heavy (non-hydrogen) atoms. The second kappa shape index (κ2) is 6.61. The van der Waals surface area contributed by atoms with Crippen LogP contribution in [0.1, 0.15) is 19.8 Å². The quantitative estimate of drug-likeness (QED) is 0.646. The topological polar surface area (TPSA) is 47.0 Å². The fraction of sp³-hybridized carbons (Fsp3) is 0.429. The van der Waals surface area contributed by atoms with Crippen LogP contribution in [0, 0.1) is 0 Å². The van der Waals surface area contributed by atoms with Crippen molar-refractivity contribution < 1.29 is 4.74 Å². The molecule has 0 saturated carbocycles. The number of unbranched alkanes of at least 4 members (excludes halogenated alkanes) is 1. The average molecular weight is 277 g/mol. The number of hydrogen-bond donors (Lipinski definition) is 1. The van der Waals surface area contributed by atoms with E-state index in [1.165, 1.54) is 6.42 Å². The zero-order chi connectivity index (χ0) is 13.7. The molecule has 4 nitrogen and oxygen atoms in total. The predicted octanol–water partition coefficient (Wildman–Crippen LogP) is 3.57. The van der Waals surface area contributed by atoms with Crippen molar-refractivity contribution in [3.8, 4) is 5.75 Å². The summed E-state index contributed by atoms with van der Waals surface area (Å²) in [6.45, 7) is 3.11. The van der Waals surface area contributed by atoms with Gasteiger partial charge in [-0.3, -0.25) is 0 Å². The van der Waals surface area contributed by atoms with Gasteiger partial charge < -0.3 is 10.1 Å². The average Bonchev–Trinajstić information content (AvgIpc) is 2.46. The summed E-state index contributed by atoms with van der Waals surface area (Å²) in [5.74, 6) is 1.68. The van der Waals surface area contributed by atoms with Crippen molar-refractivity contribution in [1.82, 2.24) is 9.97 Å². The van der Waals surface area contributed by atoms with Crippen LogP contribution >= 0.6 is 11.8 Å². The van der Waals surface area contributed by atoms with Crippen molar-refractivity contribution in [1.29, 1.82) is 0 Å². The first kappa shape index (κ1) is 13.9. The first-order chi connectivity index (χ1) is 9.28. The second-order valence-corrected chi connectivity index (χ2v) is 5.01. The van der Waals surface area contributed by atoms with Crippen LogP contribution in [0.5, 0.6) is 5.75 Å². The Bertz CT molecular complexity index is 560. The lowest BCUT2D eigenvalue weighted by molar-refractivity contribution is 0.415. The molecule has 1 aromatic carbocycles. The van der Waals surface area contributed by atoms with Crippen LogP contribution in [0.4, 0.5) is 5.82 Å². The lowest BCUT2D eigenvalue weighted by Gasteiger charge is -2.10. The summed E-state index contributed by atoms with van der Waals surface area (Å²) >= 11 is 1.60. The van der Waals surface area contributed by atoms with Gasteiger partial charge in [0.25, 0.3) is 0 Å². The third-order valence-electron chi connectivity index (χ3n) is 2.86. The number of hydrogen-bond acceptors (Lipinski definition) is 5. The van der Waals surface area contributed by atoms with Gasteiger partial charge in [-0.25, -0.2) is 9.97 Å². The summed E-state index contributed by atoms with van der Waals surface area (Å²) in [5, 5.41) is 4.29. The Labute approximate surface area is 118 Å². The molecule has 0 amide bonds. The molecule has 0 saturated heterocycles. The molecule has 0 spiro atoms. The number of anilines is 1. The van der Waals surface area contributed by atoms with Gasteiger partial charge >= 0.3 is 0 Å². The standard InChI is InChI=1S/C14H19N3OS/c1-4-5-8-15-13-14(19-3)17-12-9-10(18-2)6-7-11(12)16-13/h6-7,9H,4-5,8H2,1-3H3,(H,15,16). The van der Waals surface area contributed by atoms with Crippen LogP contribution in [0.25, 0.3) is 11.0 Å². The number of benzene rings is 1. The minimum absolute atomic E-state index is 0.806. The Hall–Kier alpha value is -1.49. The molecule has 0 radical (unpaired) electrons. The predicted molar refractivity (Wildman–Crippen MR) is 81.3 cm³/mol. The third kappa shape index (κ3) is 3.29. The fourth-order valence-electron chi connectivity index (χ4n) is 1.79. The zero-order valence-corrected chi connectivity index (χ0v) is 12.4. The molecule has 1 heterocycles. The highest BCUT2D eigenvalue weighted by Gasteiger charge is 2.08. The largest absolute Gasteiger partial charge is 0.497 e. The van der Waals surface area contributed by atoms with E-state index in [-0.39, 0.29) is 0 Å². The highest BCUT2D eigenvalue weighted by atomic mass is 32.2. The van der Waals surface area contributed by atoms with E-state index >= 15 is 0 Å². The van der Waals surface area contributed by atoms with Gasteiger partial charge in [0.1, 0.15) is 10.8 Å². The number of aromatic nitrogens is 2. The molecule has 5 heteroatoms. The van der Waals surface area contributed by atoms with Crippen LogP contribution in [-0.2, 0) is 0 Å². The molecule has 102 valence electrons. The number of fused-ring (bicyclic) bond motifs is 1. The van der Waals surface area contributed by atoms with Crippen LogP contribution in [0.3, 0.4) is 0 Å². The highest BCUT2D eigenvalue weighted by molar-refractivity contribution is 7.98. The van der Waals surface area contributed by atoms with E-state index in [4.69, 9.17) is 4.74 Å². The van der Waals surface area contributed by atoms with Crippen LogP contribution < -0.4 is 10.1 Å². The maximum Gasteiger partial charge on any atom is 0.159 e. The van der Waals surface area contributed by atoms with Gasteiger partial charge in [0.05, 0.1) is 18.1 Å². The molecule has 2 aromatic rings. The van der Waals surface area contributed by atoms with Gasteiger partial charge in [-0.2, -0.15) is 0 Å². The van der Waals surface area contributed by atoms with E-state index in [0.29, 0.717) is 0 Å². The van der Waals surface area contributed by atoms with E-state index in [1.54, 1.807) is 18.9 Å². The lowest BCUT2D eigenvalue weighted by Crippen LogP contribution is -2.05. The van der Waals surface area contributed by atoms with E-state index in [9.17, 15) is 0 Å². The summed E-state index contributed by atoms with van der Waals surface area (Å²) in [6, 6.07) is 5.76. The smallest absolute Gasteiger partial charge is 0.159 e. The molecular weight excluding hydrogens is 258 g/mol. The third-order valence-corrected chi connectivity index (χ3v) is 3.53. The van der Waals surface area contributed by atoms with Crippen molar-refractivity contribution in [2.75, 3.05) is 25.2 Å². The number of methoxy groups -OCH3 is 1. The van der Waals surface area contributed by atoms with Gasteiger partial charge in [0.15, 0.2) is 5.82 Å². The van der Waals surface area contributed by atoms with Crippen LogP contribution in [0.2, 0.25) is 0 Å². The molecule has 0 aliphatic heterocycles. The lowest BCUT2D eigenvalue weighted by atomic mass is 10.3. The monoisotopic (exact) mass is 277 g/mol. The van der Waals surface area contributed by atoms with Crippen LogP contribution in [-0.4, -0.2) is 29.9 Å². The summed E-state index contributed by atoms with van der Waals surface area (Å²) < 4.78 is 5.22. The van der Waals surface area contributed by atoms with Crippen LogP contribution in [0.15, 0.2) is 23.2 Å². The molecule has 1 aromatic heterocycles. The van der Waals surface area contributed by atoms with E-state index < -0.39 is 0 Å². The summed E-state index contributed by atoms with van der Waals surface area (Å²) in [7, 11) is 1.66. The van der Waals surface area contributed by atoms with Gasteiger partial charge in [-0.05, 0) is 24.8 Å². The Kier molecular flexibility index (Phi) is 4.85. The Morgan fingerprint density at radius 1 is 1.26 bits per heavy atom. The number of nitrogens with zero attached hydrogens (tertiary/aromatic N) is 2. The Balaban J connectivity index is 2.35. The molecule has 0 fully saturated rings. The summed E-state index contributed by atoms with van der Waals surface area (Å²) in [5.41, 5.74) is 1.75. The van der Waals surface area contributed by atoms with Crippen molar-refractivity contribution in [2.24, 2.45) is 0 Å². The first-order valence-corrected chi connectivity index (χ1v) is 7.64.